The molecule has 1 aliphatic carbocycles. The molecule has 0 aliphatic heterocycles. The Hall–Kier alpha value is -0.540. The molecule has 0 bridgehead atoms. The number of hydrogen-bond donors (Lipinski definition) is 1. The maximum absolute atomic E-state index is 5.33. The molecule has 1 N–H and O–H groups in total. The molecule has 1 aliphatic rings. The molecule has 2 nitrogen and oxygen atoms in total. The molecule has 100 valence electrons. The summed E-state index contributed by atoms with van der Waals surface area (Å²) >= 11 is 3.67. The minimum atomic E-state index is 0.434. The van der Waals surface area contributed by atoms with Crippen molar-refractivity contribution in [3.63, 3.8) is 0 Å². The van der Waals surface area contributed by atoms with Crippen LogP contribution in [-0.2, 0) is 6.42 Å². The van der Waals surface area contributed by atoms with Crippen LogP contribution in [-0.4, -0.2) is 20.7 Å². The van der Waals surface area contributed by atoms with Gasteiger partial charge in [-0.3, -0.25) is 0 Å². The number of halogens is 1. The monoisotopic (exact) mass is 311 g/mol. The molecule has 1 aromatic carbocycles. The first-order valence-corrected chi connectivity index (χ1v) is 7.45. The van der Waals surface area contributed by atoms with Gasteiger partial charge in [-0.1, -0.05) is 28.8 Å². The largest absolute Gasteiger partial charge is 0.497 e. The van der Waals surface area contributed by atoms with Gasteiger partial charge in [-0.05, 0) is 55.5 Å². The van der Waals surface area contributed by atoms with Crippen LogP contribution in [0.1, 0.15) is 31.2 Å². The van der Waals surface area contributed by atoms with Crippen LogP contribution < -0.4 is 10.1 Å². The van der Waals surface area contributed by atoms with Gasteiger partial charge in [0.2, 0.25) is 0 Å². The van der Waals surface area contributed by atoms with Crippen molar-refractivity contribution in [1.29, 1.82) is 0 Å². The Bertz CT molecular complexity index is 399. The quantitative estimate of drug-likeness (QED) is 0.893. The van der Waals surface area contributed by atoms with Gasteiger partial charge in [-0.25, -0.2) is 0 Å². The second kappa shape index (κ2) is 6.07. The van der Waals surface area contributed by atoms with Gasteiger partial charge in [0.25, 0.3) is 0 Å². The SMILES string of the molecule is CNCC1(Cc2cc(OC)ccc2Br)CCCC1. The summed E-state index contributed by atoms with van der Waals surface area (Å²) in [5, 5.41) is 3.37. The summed E-state index contributed by atoms with van der Waals surface area (Å²) in [7, 11) is 3.78. The number of hydrogen-bond acceptors (Lipinski definition) is 2. The van der Waals surface area contributed by atoms with Crippen LogP contribution in [0.3, 0.4) is 0 Å². The van der Waals surface area contributed by atoms with Crippen molar-refractivity contribution in [2.75, 3.05) is 20.7 Å². The van der Waals surface area contributed by atoms with Crippen LogP contribution in [0.2, 0.25) is 0 Å². The van der Waals surface area contributed by atoms with E-state index in [1.165, 1.54) is 35.7 Å². The van der Waals surface area contributed by atoms with Gasteiger partial charge in [0.05, 0.1) is 7.11 Å². The fourth-order valence-corrected chi connectivity index (χ4v) is 3.52. The first-order valence-electron chi connectivity index (χ1n) is 6.66. The Labute approximate surface area is 118 Å². The van der Waals surface area contributed by atoms with E-state index in [9.17, 15) is 0 Å². The molecule has 0 spiro atoms. The molecule has 0 saturated heterocycles. The van der Waals surface area contributed by atoms with Gasteiger partial charge in [-0.15, -0.1) is 0 Å². The molecule has 0 radical (unpaired) electrons. The summed E-state index contributed by atoms with van der Waals surface area (Å²) in [5.41, 5.74) is 1.80. The van der Waals surface area contributed by atoms with Crippen molar-refractivity contribution in [3.05, 3.63) is 28.2 Å². The Morgan fingerprint density at radius 1 is 1.33 bits per heavy atom. The molecule has 0 heterocycles. The van der Waals surface area contributed by atoms with Crippen LogP contribution >= 0.6 is 15.9 Å². The Morgan fingerprint density at radius 3 is 2.67 bits per heavy atom. The van der Waals surface area contributed by atoms with Crippen molar-refractivity contribution in [2.45, 2.75) is 32.1 Å². The highest BCUT2D eigenvalue weighted by Gasteiger charge is 2.33. The van der Waals surface area contributed by atoms with E-state index < -0.39 is 0 Å². The standard InChI is InChI=1S/C15H22BrNO/c1-17-11-15(7-3-4-8-15)10-12-9-13(18-2)5-6-14(12)16/h5-6,9,17H,3-4,7-8,10-11H2,1-2H3. The molecule has 0 aromatic heterocycles. The van der Waals surface area contributed by atoms with Crippen molar-refractivity contribution in [2.24, 2.45) is 5.41 Å². The Morgan fingerprint density at radius 2 is 2.06 bits per heavy atom. The lowest BCUT2D eigenvalue weighted by atomic mass is 9.80. The lowest BCUT2D eigenvalue weighted by molar-refractivity contribution is 0.285. The zero-order chi connectivity index (χ0) is 13.0. The van der Waals surface area contributed by atoms with Crippen molar-refractivity contribution in [3.8, 4) is 5.75 Å². The average molecular weight is 312 g/mol. The maximum atomic E-state index is 5.33. The summed E-state index contributed by atoms with van der Waals surface area (Å²) in [6.07, 6.45) is 6.52. The Kier molecular flexibility index (Phi) is 4.68. The number of nitrogens with one attached hydrogen (secondary N) is 1. The van der Waals surface area contributed by atoms with Gasteiger partial charge in [0.1, 0.15) is 5.75 Å². The van der Waals surface area contributed by atoms with E-state index in [1.807, 2.05) is 6.07 Å². The summed E-state index contributed by atoms with van der Waals surface area (Å²) in [6, 6.07) is 6.27. The third-order valence-electron chi connectivity index (χ3n) is 4.03. The van der Waals surface area contributed by atoms with Gasteiger partial charge >= 0.3 is 0 Å². The van der Waals surface area contributed by atoms with Crippen LogP contribution in [0, 0.1) is 5.41 Å². The lowest BCUT2D eigenvalue weighted by Gasteiger charge is -2.29. The molecular weight excluding hydrogens is 290 g/mol. The molecule has 1 saturated carbocycles. The summed E-state index contributed by atoms with van der Waals surface area (Å²) in [6.45, 7) is 1.11. The van der Waals surface area contributed by atoms with E-state index >= 15 is 0 Å². The molecule has 0 amide bonds. The Balaban J connectivity index is 2.20. The highest BCUT2D eigenvalue weighted by molar-refractivity contribution is 9.10. The van der Waals surface area contributed by atoms with E-state index in [0.717, 1.165) is 18.7 Å². The summed E-state index contributed by atoms with van der Waals surface area (Å²) in [4.78, 5) is 0. The molecule has 18 heavy (non-hydrogen) atoms. The maximum Gasteiger partial charge on any atom is 0.119 e. The third-order valence-corrected chi connectivity index (χ3v) is 4.81. The van der Waals surface area contributed by atoms with E-state index in [-0.39, 0.29) is 0 Å². The normalized spacial score (nSPS) is 17.9. The second-order valence-electron chi connectivity index (χ2n) is 5.37. The third kappa shape index (κ3) is 3.07. The topological polar surface area (TPSA) is 21.3 Å². The number of ether oxygens (including phenoxy) is 1. The van der Waals surface area contributed by atoms with Crippen molar-refractivity contribution < 1.29 is 4.74 Å². The summed E-state index contributed by atoms with van der Waals surface area (Å²) in [5.74, 6) is 0.950. The molecular formula is C15H22BrNO. The van der Waals surface area contributed by atoms with E-state index in [0.29, 0.717) is 5.41 Å². The number of benzene rings is 1. The first kappa shape index (κ1) is 13.9. The smallest absolute Gasteiger partial charge is 0.119 e. The summed E-state index contributed by atoms with van der Waals surface area (Å²) < 4.78 is 6.53. The molecule has 1 fully saturated rings. The predicted octanol–water partition coefficient (Wildman–Crippen LogP) is 3.78. The molecule has 3 heteroatoms. The van der Waals surface area contributed by atoms with Crippen LogP contribution in [0.5, 0.6) is 5.75 Å². The number of rotatable bonds is 5. The zero-order valence-corrected chi connectivity index (χ0v) is 12.8. The highest BCUT2D eigenvalue weighted by atomic mass is 79.9. The second-order valence-corrected chi connectivity index (χ2v) is 6.23. The van der Waals surface area contributed by atoms with E-state index in [2.05, 4.69) is 40.4 Å². The van der Waals surface area contributed by atoms with Gasteiger partial charge in [0, 0.05) is 11.0 Å². The average Bonchev–Trinajstić information content (AvgIpc) is 2.81. The van der Waals surface area contributed by atoms with Crippen LogP contribution in [0.25, 0.3) is 0 Å². The van der Waals surface area contributed by atoms with Crippen molar-refractivity contribution >= 4 is 15.9 Å². The number of methoxy groups -OCH3 is 1. The molecule has 1 aromatic rings. The fraction of sp³-hybridized carbons (Fsp3) is 0.600. The molecule has 2 rings (SSSR count). The highest BCUT2D eigenvalue weighted by Crippen LogP contribution is 2.42. The van der Waals surface area contributed by atoms with Crippen LogP contribution in [0.4, 0.5) is 0 Å². The predicted molar refractivity (Wildman–Crippen MR) is 79.2 cm³/mol. The minimum Gasteiger partial charge on any atom is -0.497 e. The molecule has 0 unspecified atom stereocenters. The van der Waals surface area contributed by atoms with Gasteiger partial charge in [0.15, 0.2) is 0 Å². The van der Waals surface area contributed by atoms with Gasteiger partial charge < -0.3 is 10.1 Å². The van der Waals surface area contributed by atoms with E-state index in [1.54, 1.807) is 7.11 Å². The van der Waals surface area contributed by atoms with Gasteiger partial charge in [-0.2, -0.15) is 0 Å². The van der Waals surface area contributed by atoms with E-state index in [4.69, 9.17) is 4.74 Å². The van der Waals surface area contributed by atoms with Crippen LogP contribution in [0.15, 0.2) is 22.7 Å². The fourth-order valence-electron chi connectivity index (χ4n) is 3.13. The lowest BCUT2D eigenvalue weighted by Crippen LogP contribution is -2.32. The first-order chi connectivity index (χ1) is 8.69. The molecule has 0 atom stereocenters. The zero-order valence-electron chi connectivity index (χ0n) is 11.3. The van der Waals surface area contributed by atoms with Crippen molar-refractivity contribution in [1.82, 2.24) is 5.32 Å². The minimum absolute atomic E-state index is 0.434.